The van der Waals surface area contributed by atoms with Gasteiger partial charge in [-0.2, -0.15) is 0 Å². The second-order valence-corrected chi connectivity index (χ2v) is 20.4. The zero-order chi connectivity index (χ0) is 44.1. The van der Waals surface area contributed by atoms with Crippen molar-refractivity contribution in [2.24, 2.45) is 0 Å². The van der Waals surface area contributed by atoms with Gasteiger partial charge in [0.2, 0.25) is 19.7 Å². The molecule has 340 valence electrons. The van der Waals surface area contributed by atoms with Gasteiger partial charge in [0.15, 0.2) is 0 Å². The van der Waals surface area contributed by atoms with E-state index in [0.29, 0.717) is 31.3 Å². The first-order chi connectivity index (χ1) is 30.6. The highest BCUT2D eigenvalue weighted by atomic mass is 35.5. The number of alkyl halides is 2. The predicted octanol–water partition coefficient (Wildman–Crippen LogP) is 8.70. The number of rotatable bonds is 13. The smallest absolute Gasteiger partial charge is 0.208 e. The van der Waals surface area contributed by atoms with Crippen molar-refractivity contribution in [1.82, 2.24) is 30.0 Å². The molecule has 2 aliphatic heterocycles. The average Bonchev–Trinajstić information content (AvgIpc) is 3.97. The molecule has 2 aromatic heterocycles. The van der Waals surface area contributed by atoms with Gasteiger partial charge in [-0.1, -0.05) is 78.9 Å². The number of nitrogens with one attached hydrogen (secondary N) is 3. The van der Waals surface area contributed by atoms with Crippen molar-refractivity contribution in [2.45, 2.75) is 39.0 Å². The number of nitrogens with zero attached hydrogens (tertiary/aromatic N) is 3. The number of hydrogen-bond acceptors (Lipinski definition) is 8. The monoisotopic (exact) mass is 962 g/mol. The van der Waals surface area contributed by atoms with Crippen LogP contribution in [0.25, 0.3) is 21.8 Å². The normalized spacial score (nSPS) is 15.2. The number of sulfone groups is 2. The molecule has 4 heterocycles. The quantitative estimate of drug-likeness (QED) is 0.0983. The first-order valence-electron chi connectivity index (χ1n) is 21.5. The number of hydrogen-bond donors (Lipinski definition) is 3. The Morgan fingerprint density at radius 2 is 0.891 bits per heavy atom. The summed E-state index contributed by atoms with van der Waals surface area (Å²) in [6, 6.07) is 40.1. The van der Waals surface area contributed by atoms with Crippen molar-refractivity contribution in [3.05, 3.63) is 156 Å². The summed E-state index contributed by atoms with van der Waals surface area (Å²) in [5.41, 5.74) is 5.40. The SMILES string of the molecule is Cl.ClCCCl.O=S(=O)(c1ccccc1)c1c[nH]c2ccc(CCN3CCN(Cc4ccccc4)CC3)cc12.O=S(=O)(c1ccccc1)c1c[nH]c2ccc(CCN3CCNCC3)cc12. The number of aromatic nitrogens is 2. The van der Waals surface area contributed by atoms with E-state index in [1.165, 1.54) is 16.7 Å². The summed E-state index contributed by atoms with van der Waals surface area (Å²) in [7, 11) is -7.08. The lowest BCUT2D eigenvalue weighted by Gasteiger charge is -2.34. The molecular weight excluding hydrogens is 907 g/mol. The first-order valence-corrected chi connectivity index (χ1v) is 25.5. The van der Waals surface area contributed by atoms with Gasteiger partial charge in [0.1, 0.15) is 0 Å². The van der Waals surface area contributed by atoms with Gasteiger partial charge in [0, 0.05) is 118 Å². The molecule has 64 heavy (non-hydrogen) atoms. The predicted molar refractivity (Wildman–Crippen MR) is 264 cm³/mol. The Hall–Kier alpha value is -4.21. The van der Waals surface area contributed by atoms with E-state index in [2.05, 4.69) is 72.4 Å². The van der Waals surface area contributed by atoms with Crippen LogP contribution in [0.15, 0.2) is 159 Å². The molecule has 7 aromatic rings. The molecule has 0 spiro atoms. The summed E-state index contributed by atoms with van der Waals surface area (Å²) in [6.07, 6.45) is 5.05. The van der Waals surface area contributed by atoms with Gasteiger partial charge < -0.3 is 25.1 Å². The molecule has 3 N–H and O–H groups in total. The van der Waals surface area contributed by atoms with Gasteiger partial charge in [-0.15, -0.1) is 35.6 Å². The molecule has 0 bridgehead atoms. The molecule has 0 aliphatic carbocycles. The van der Waals surface area contributed by atoms with E-state index < -0.39 is 19.7 Å². The van der Waals surface area contributed by atoms with E-state index in [9.17, 15) is 16.8 Å². The van der Waals surface area contributed by atoms with Crippen LogP contribution in [0.2, 0.25) is 0 Å². The average molecular weight is 965 g/mol. The van der Waals surface area contributed by atoms with E-state index in [1.54, 1.807) is 60.9 Å². The second-order valence-electron chi connectivity index (χ2n) is 15.8. The van der Waals surface area contributed by atoms with Crippen LogP contribution in [0.5, 0.6) is 0 Å². The van der Waals surface area contributed by atoms with Gasteiger partial charge in [-0.25, -0.2) is 16.8 Å². The third-order valence-electron chi connectivity index (χ3n) is 11.5. The van der Waals surface area contributed by atoms with Gasteiger partial charge in [0.05, 0.1) is 19.6 Å². The first kappa shape index (κ1) is 49.2. The van der Waals surface area contributed by atoms with Crippen molar-refractivity contribution in [3.8, 4) is 0 Å². The maximum atomic E-state index is 13.2. The molecule has 0 saturated carbocycles. The number of piperazine rings is 2. The van der Waals surface area contributed by atoms with Crippen LogP contribution >= 0.6 is 35.6 Å². The molecule has 0 radical (unpaired) electrons. The Morgan fingerprint density at radius 1 is 0.484 bits per heavy atom. The minimum atomic E-state index is -3.55. The molecule has 0 unspecified atom stereocenters. The fourth-order valence-electron chi connectivity index (χ4n) is 8.02. The minimum Gasteiger partial charge on any atom is -0.360 e. The van der Waals surface area contributed by atoms with Crippen LogP contribution in [0.3, 0.4) is 0 Å². The lowest BCUT2D eigenvalue weighted by Crippen LogP contribution is -2.46. The molecule has 2 fully saturated rings. The molecule has 15 heteroatoms. The summed E-state index contributed by atoms with van der Waals surface area (Å²) in [4.78, 5) is 15.0. The Labute approximate surface area is 394 Å². The fourth-order valence-corrected chi connectivity index (χ4v) is 10.9. The minimum absolute atomic E-state index is 0. The third-order valence-corrected chi connectivity index (χ3v) is 15.7. The summed E-state index contributed by atoms with van der Waals surface area (Å²) >= 11 is 10.1. The van der Waals surface area contributed by atoms with Crippen molar-refractivity contribution < 1.29 is 16.8 Å². The molecule has 0 amide bonds. The number of benzene rings is 5. The Morgan fingerprint density at radius 3 is 1.33 bits per heavy atom. The van der Waals surface area contributed by atoms with E-state index >= 15 is 0 Å². The Balaban J connectivity index is 0.000000198. The molecule has 0 atom stereocenters. The Bertz CT molecular complexity index is 2720. The molecule has 9 rings (SSSR count). The highest BCUT2D eigenvalue weighted by Crippen LogP contribution is 2.31. The van der Waals surface area contributed by atoms with E-state index in [-0.39, 0.29) is 12.4 Å². The largest absolute Gasteiger partial charge is 0.360 e. The molecule has 2 saturated heterocycles. The molecule has 10 nitrogen and oxygen atoms in total. The van der Waals surface area contributed by atoms with Crippen LogP contribution in [0, 0.1) is 0 Å². The topological polar surface area (TPSA) is 122 Å². The molecule has 5 aromatic carbocycles. The van der Waals surface area contributed by atoms with Crippen molar-refractivity contribution in [1.29, 1.82) is 0 Å². The van der Waals surface area contributed by atoms with Gasteiger partial charge in [0.25, 0.3) is 0 Å². The van der Waals surface area contributed by atoms with Gasteiger partial charge >= 0.3 is 0 Å². The summed E-state index contributed by atoms with van der Waals surface area (Å²) in [6.45, 7) is 11.5. The Kier molecular flexibility index (Phi) is 18.3. The van der Waals surface area contributed by atoms with E-state index in [4.69, 9.17) is 23.2 Å². The second kappa shape index (κ2) is 23.8. The van der Waals surface area contributed by atoms with Gasteiger partial charge in [-0.05, 0) is 78.1 Å². The zero-order valence-electron chi connectivity index (χ0n) is 35.8. The fraction of sp³-hybridized carbons (Fsp3) is 0.306. The highest BCUT2D eigenvalue weighted by Gasteiger charge is 2.24. The van der Waals surface area contributed by atoms with Crippen molar-refractivity contribution in [2.75, 3.05) is 77.2 Å². The number of aromatic amines is 2. The van der Waals surface area contributed by atoms with Crippen LogP contribution in [0.4, 0.5) is 0 Å². The summed E-state index contributed by atoms with van der Waals surface area (Å²) in [5, 5.41) is 4.90. The van der Waals surface area contributed by atoms with Crippen LogP contribution in [0.1, 0.15) is 16.7 Å². The molecule has 2 aliphatic rings. The third kappa shape index (κ3) is 12.8. The highest BCUT2D eigenvalue weighted by molar-refractivity contribution is 7.92. The summed E-state index contributed by atoms with van der Waals surface area (Å²) < 4.78 is 52.3. The lowest BCUT2D eigenvalue weighted by atomic mass is 10.1. The zero-order valence-corrected chi connectivity index (χ0v) is 39.8. The standard InChI is InChI=1S/C27H29N3O2S.C20H23N3O2S.C2H4Cl2.ClH/c31-33(32,24-9-5-2-6-10-24)27-20-28-26-12-11-22(19-25(26)27)13-14-29-15-17-30(18-16-29)21-23-7-3-1-4-8-23;24-26(25,17-4-2-1-3-5-17)20-15-22-19-7-6-16(14-18(19)20)8-11-23-12-9-21-10-13-23;3-1-2-4;/h1-12,19-20,28H,13-18,21H2;1-7,14-15,21-22H,8-13H2;1-2H2;1H. The number of halogens is 3. The van der Waals surface area contributed by atoms with E-state index in [1.807, 2.05) is 36.4 Å². The van der Waals surface area contributed by atoms with Crippen LogP contribution in [-0.4, -0.2) is 119 Å². The number of H-pyrrole nitrogens is 2. The molecular formula is C49H57Cl3N6O4S2. The lowest BCUT2D eigenvalue weighted by molar-refractivity contribution is 0.128. The van der Waals surface area contributed by atoms with Gasteiger partial charge in [-0.3, -0.25) is 4.90 Å². The van der Waals surface area contributed by atoms with E-state index in [0.717, 1.165) is 107 Å². The van der Waals surface area contributed by atoms with Crippen molar-refractivity contribution in [3.63, 3.8) is 0 Å². The summed E-state index contributed by atoms with van der Waals surface area (Å²) in [5.74, 6) is 1.11. The maximum absolute atomic E-state index is 13.2. The van der Waals surface area contributed by atoms with Crippen LogP contribution in [-0.2, 0) is 39.1 Å². The maximum Gasteiger partial charge on any atom is 0.208 e. The van der Waals surface area contributed by atoms with Crippen LogP contribution < -0.4 is 5.32 Å². The van der Waals surface area contributed by atoms with Crippen molar-refractivity contribution >= 4 is 77.1 Å². The number of fused-ring (bicyclic) bond motifs is 2.